The predicted octanol–water partition coefficient (Wildman–Crippen LogP) is -1.45. The molecular weight excluding hydrogens is 355 g/mol. The molecule has 140 valence electrons. The third-order valence-corrected chi connectivity index (χ3v) is 4.93. The van der Waals surface area contributed by atoms with Crippen molar-refractivity contribution in [1.82, 2.24) is 9.47 Å². The molecule has 3 heterocycles. The van der Waals surface area contributed by atoms with Gasteiger partial charge in [-0.1, -0.05) is 0 Å². The van der Waals surface area contributed by atoms with Crippen LogP contribution in [0.25, 0.3) is 0 Å². The largest absolute Gasteiger partial charge is 0.469 e. The number of phosphoric acid groups is 1. The smallest absolute Gasteiger partial charge is 0.394 e. The zero-order chi connectivity index (χ0) is 18.5. The molecule has 0 unspecified atom stereocenters. The van der Waals surface area contributed by atoms with Gasteiger partial charge in [-0.15, -0.1) is 0 Å². The monoisotopic (exact) mass is 377 g/mol. The third kappa shape index (κ3) is 3.31. The molecule has 3 atom stereocenters. The molecule has 0 aliphatic carbocycles. The minimum absolute atomic E-state index is 0.130. The van der Waals surface area contributed by atoms with Crippen LogP contribution in [0.15, 0.2) is 6.33 Å². The van der Waals surface area contributed by atoms with Crippen molar-refractivity contribution in [3.63, 3.8) is 0 Å². The zero-order valence-electron chi connectivity index (χ0n) is 14.1. The number of fused-ring (bicyclic) bond motifs is 1. The van der Waals surface area contributed by atoms with Crippen LogP contribution in [0.2, 0.25) is 0 Å². The molecule has 1 aromatic rings. The van der Waals surface area contributed by atoms with Crippen molar-refractivity contribution in [3.05, 3.63) is 12.0 Å². The topological polar surface area (TPSA) is 129 Å². The second kappa shape index (κ2) is 6.35. The van der Waals surface area contributed by atoms with E-state index >= 15 is 0 Å². The standard InChI is InChI=1S/C13H21N4O7P/c1-14-7-17(12-11(14)13(19)16(3)6-15(12)2)10-4-8(9(5-18)23-10)24-25(20,21)22/h7-10,18H,4-6H2,1-3H3,(H-,20,21,22)/p+1/t8-,9+,10+/m0/s1. The van der Waals surface area contributed by atoms with Crippen LogP contribution < -0.4 is 9.47 Å². The number of aliphatic hydroxyl groups is 1. The Hall–Kier alpha value is -1.49. The summed E-state index contributed by atoms with van der Waals surface area (Å²) in [5.74, 6) is 0.512. The summed E-state index contributed by atoms with van der Waals surface area (Å²) >= 11 is 0. The predicted molar refractivity (Wildman–Crippen MR) is 83.5 cm³/mol. The average molecular weight is 377 g/mol. The summed E-state index contributed by atoms with van der Waals surface area (Å²) in [5, 5.41) is 9.43. The average Bonchev–Trinajstić information content (AvgIpc) is 3.04. The number of nitrogens with zero attached hydrogens (tertiary/aromatic N) is 4. The number of phosphoric ester groups is 1. The summed E-state index contributed by atoms with van der Waals surface area (Å²) in [6.07, 6.45) is -0.617. The maximum atomic E-state index is 12.4. The van der Waals surface area contributed by atoms with Gasteiger partial charge in [0.05, 0.1) is 20.3 Å². The van der Waals surface area contributed by atoms with Crippen LogP contribution in [0.1, 0.15) is 23.1 Å². The number of anilines is 1. The molecule has 3 N–H and O–H groups in total. The van der Waals surface area contributed by atoms with Crippen LogP contribution in [-0.4, -0.2) is 69.8 Å². The van der Waals surface area contributed by atoms with E-state index in [0.717, 1.165) is 0 Å². The maximum Gasteiger partial charge on any atom is 0.469 e. The molecule has 0 radical (unpaired) electrons. The Morgan fingerprint density at radius 1 is 1.40 bits per heavy atom. The first-order valence-electron chi connectivity index (χ1n) is 7.69. The molecule has 1 fully saturated rings. The Bertz CT molecular complexity index is 732. The van der Waals surface area contributed by atoms with E-state index in [1.807, 2.05) is 11.9 Å². The minimum Gasteiger partial charge on any atom is -0.394 e. The summed E-state index contributed by atoms with van der Waals surface area (Å²) < 4.78 is 25.0. The van der Waals surface area contributed by atoms with Gasteiger partial charge in [0, 0.05) is 20.5 Å². The van der Waals surface area contributed by atoms with Crippen LogP contribution in [0.4, 0.5) is 5.82 Å². The Morgan fingerprint density at radius 2 is 2.08 bits per heavy atom. The van der Waals surface area contributed by atoms with E-state index in [4.69, 9.17) is 19.0 Å². The number of amides is 1. The molecule has 2 aliphatic heterocycles. The van der Waals surface area contributed by atoms with Gasteiger partial charge in [-0.2, -0.15) is 4.57 Å². The lowest BCUT2D eigenvalue weighted by atomic mass is 10.2. The number of aromatic nitrogens is 2. The van der Waals surface area contributed by atoms with E-state index in [-0.39, 0.29) is 12.3 Å². The highest BCUT2D eigenvalue weighted by molar-refractivity contribution is 7.46. The number of hydrogen-bond donors (Lipinski definition) is 3. The van der Waals surface area contributed by atoms with Crippen LogP contribution in [0, 0.1) is 0 Å². The number of aliphatic hydroxyl groups excluding tert-OH is 1. The number of carbonyl (C=O) groups excluding carboxylic acids is 1. The second-order valence-electron chi connectivity index (χ2n) is 6.33. The van der Waals surface area contributed by atoms with Crippen LogP contribution in [-0.2, 0) is 20.9 Å². The number of hydrogen-bond acceptors (Lipinski definition) is 6. The second-order valence-corrected chi connectivity index (χ2v) is 7.52. The molecule has 2 aliphatic rings. The maximum absolute atomic E-state index is 12.4. The molecular formula is C13H22N4O7P+. The van der Waals surface area contributed by atoms with Crippen molar-refractivity contribution in [3.8, 4) is 0 Å². The molecule has 3 rings (SSSR count). The molecule has 11 nitrogen and oxygen atoms in total. The summed E-state index contributed by atoms with van der Waals surface area (Å²) in [7, 11) is 0.569. The van der Waals surface area contributed by atoms with Gasteiger partial charge >= 0.3 is 13.7 Å². The fraction of sp³-hybridized carbons (Fsp3) is 0.692. The molecule has 0 saturated carbocycles. The first kappa shape index (κ1) is 18.3. The van der Waals surface area contributed by atoms with E-state index in [9.17, 15) is 14.5 Å². The molecule has 0 bridgehead atoms. The SMILES string of the molecule is CN1CN(C)c2c([n+](C)cn2[C@H]2C[C@H](OP(=O)(O)O)[C@@H](CO)O2)C1=O. The highest BCUT2D eigenvalue weighted by atomic mass is 31.2. The van der Waals surface area contributed by atoms with Crippen molar-refractivity contribution in [2.45, 2.75) is 24.9 Å². The molecule has 12 heteroatoms. The van der Waals surface area contributed by atoms with Crippen molar-refractivity contribution < 1.29 is 38.1 Å². The van der Waals surface area contributed by atoms with Crippen molar-refractivity contribution in [1.29, 1.82) is 0 Å². The van der Waals surface area contributed by atoms with E-state index < -0.39 is 32.9 Å². The van der Waals surface area contributed by atoms with Gasteiger partial charge in [-0.25, -0.2) is 9.13 Å². The summed E-state index contributed by atoms with van der Waals surface area (Å²) in [6, 6.07) is 0. The molecule has 1 aromatic heterocycles. The van der Waals surface area contributed by atoms with Gasteiger partial charge in [-0.05, 0) is 0 Å². The summed E-state index contributed by atoms with van der Waals surface area (Å²) in [5.41, 5.74) is 0.486. The van der Waals surface area contributed by atoms with E-state index in [1.54, 1.807) is 34.5 Å². The van der Waals surface area contributed by atoms with Crippen LogP contribution >= 0.6 is 7.82 Å². The Morgan fingerprint density at radius 3 is 2.68 bits per heavy atom. The first-order valence-corrected chi connectivity index (χ1v) is 9.22. The van der Waals surface area contributed by atoms with Gasteiger partial charge in [0.1, 0.15) is 12.2 Å². The van der Waals surface area contributed by atoms with Gasteiger partial charge < -0.3 is 29.4 Å². The van der Waals surface area contributed by atoms with Gasteiger partial charge in [0.25, 0.3) is 11.5 Å². The highest BCUT2D eigenvalue weighted by Gasteiger charge is 2.46. The lowest BCUT2D eigenvalue weighted by molar-refractivity contribution is -0.673. The van der Waals surface area contributed by atoms with Crippen molar-refractivity contribution >= 4 is 19.5 Å². The third-order valence-electron chi connectivity index (χ3n) is 4.39. The fourth-order valence-electron chi connectivity index (χ4n) is 3.37. The minimum atomic E-state index is -4.71. The van der Waals surface area contributed by atoms with Crippen LogP contribution in [0.5, 0.6) is 0 Å². The lowest BCUT2D eigenvalue weighted by Crippen LogP contribution is -2.48. The Kier molecular flexibility index (Phi) is 4.65. The van der Waals surface area contributed by atoms with Gasteiger partial charge in [0.15, 0.2) is 0 Å². The number of carbonyl (C=O) groups is 1. The Labute approximate surface area is 144 Å². The Balaban J connectivity index is 1.94. The van der Waals surface area contributed by atoms with E-state index in [0.29, 0.717) is 18.2 Å². The number of aryl methyl sites for hydroxylation is 1. The molecule has 0 spiro atoms. The van der Waals surface area contributed by atoms with Crippen molar-refractivity contribution in [2.75, 3.05) is 32.3 Å². The van der Waals surface area contributed by atoms with Crippen LogP contribution in [0.3, 0.4) is 0 Å². The van der Waals surface area contributed by atoms with E-state index in [2.05, 4.69) is 0 Å². The van der Waals surface area contributed by atoms with Crippen molar-refractivity contribution in [2.24, 2.45) is 7.05 Å². The highest BCUT2D eigenvalue weighted by Crippen LogP contribution is 2.44. The van der Waals surface area contributed by atoms with Gasteiger partial charge in [0.2, 0.25) is 12.6 Å². The van der Waals surface area contributed by atoms with E-state index in [1.165, 1.54) is 0 Å². The molecule has 0 aromatic carbocycles. The quantitative estimate of drug-likeness (QED) is 0.429. The zero-order valence-corrected chi connectivity index (χ0v) is 15.0. The number of ether oxygens (including phenoxy) is 1. The number of rotatable bonds is 4. The molecule has 25 heavy (non-hydrogen) atoms. The summed E-state index contributed by atoms with van der Waals surface area (Å²) in [4.78, 5) is 34.0. The van der Waals surface area contributed by atoms with Gasteiger partial charge in [-0.3, -0.25) is 9.32 Å². The first-order chi connectivity index (χ1) is 11.6. The summed E-state index contributed by atoms with van der Waals surface area (Å²) in [6.45, 7) is -0.0390. The molecule has 1 saturated heterocycles. The fourth-order valence-corrected chi connectivity index (χ4v) is 3.94. The normalized spacial score (nSPS) is 27.1. The number of imidazole rings is 1. The molecule has 1 amide bonds. The lowest BCUT2D eigenvalue weighted by Gasteiger charge is -2.29.